The van der Waals surface area contributed by atoms with Gasteiger partial charge in [0.2, 0.25) is 0 Å². The molecule has 0 aliphatic rings. The fourth-order valence-corrected chi connectivity index (χ4v) is 1.53. The Morgan fingerprint density at radius 3 is 2.14 bits per heavy atom. The summed E-state index contributed by atoms with van der Waals surface area (Å²) in [6.45, 7) is -4.68. The maximum absolute atomic E-state index is 12.5. The molecule has 3 nitrogen and oxygen atoms in total. The molecule has 2 rings (SSSR count). The van der Waals surface area contributed by atoms with E-state index < -0.39 is 12.4 Å². The number of nitrogens with zero attached hydrogens (tertiary/aromatic N) is 1. The first kappa shape index (κ1) is 18.5. The number of benzene rings is 1. The van der Waals surface area contributed by atoms with E-state index in [9.17, 15) is 12.9 Å². The van der Waals surface area contributed by atoms with Gasteiger partial charge in [0, 0.05) is 6.20 Å². The molecule has 0 atom stereocenters. The smallest absolute Gasteiger partial charge is 0.490 e. The number of ether oxygens (including phenoxy) is 2. The van der Waals surface area contributed by atoms with Crippen molar-refractivity contribution in [3.05, 3.63) is 48.8 Å². The monoisotopic (exact) mass is 321 g/mol. The topological polar surface area (TPSA) is 31.4 Å². The third kappa shape index (κ3) is 6.39. The van der Waals surface area contributed by atoms with Gasteiger partial charge in [-0.1, -0.05) is 23.7 Å². The zero-order valence-corrected chi connectivity index (χ0v) is 14.6. The molecule has 0 unspecified atom stereocenters. The number of hydrogen-bond donors (Lipinski definition) is 0. The van der Waals surface area contributed by atoms with E-state index in [0.29, 0.717) is 5.75 Å². The van der Waals surface area contributed by atoms with Crippen molar-refractivity contribution in [3.8, 4) is 11.5 Å². The first-order valence-corrected chi connectivity index (χ1v) is 6.01. The molecule has 0 saturated heterocycles. The van der Waals surface area contributed by atoms with Crippen molar-refractivity contribution in [3.63, 3.8) is 0 Å². The minimum Gasteiger partial charge on any atom is -0.490 e. The summed E-state index contributed by atoms with van der Waals surface area (Å²) in [5.41, 5.74) is -0.772. The summed E-state index contributed by atoms with van der Waals surface area (Å²) < 4.78 is 48.1. The van der Waals surface area contributed by atoms with Crippen molar-refractivity contribution >= 4 is 12.4 Å². The molecular formula is C13H12BF3KNO2. The molecule has 2 aromatic rings. The summed E-state index contributed by atoms with van der Waals surface area (Å²) in [5.74, 6) is 0.764. The van der Waals surface area contributed by atoms with Crippen molar-refractivity contribution in [2.75, 3.05) is 13.2 Å². The second-order valence-electron chi connectivity index (χ2n) is 4.04. The van der Waals surface area contributed by atoms with Gasteiger partial charge in [0.15, 0.2) is 0 Å². The van der Waals surface area contributed by atoms with Gasteiger partial charge in [0.1, 0.15) is 24.7 Å². The van der Waals surface area contributed by atoms with Crippen LogP contribution in [0.3, 0.4) is 0 Å². The van der Waals surface area contributed by atoms with Gasteiger partial charge in [-0.05, 0) is 18.2 Å². The summed E-state index contributed by atoms with van der Waals surface area (Å²) in [6.07, 6.45) is 2.03. The minimum atomic E-state index is -5.06. The van der Waals surface area contributed by atoms with Crippen molar-refractivity contribution < 1.29 is 73.8 Å². The van der Waals surface area contributed by atoms with E-state index in [2.05, 4.69) is 4.98 Å². The molecular weight excluding hydrogens is 309 g/mol. The van der Waals surface area contributed by atoms with Gasteiger partial charge in [-0.15, -0.1) is 0 Å². The zero-order chi connectivity index (χ0) is 14.4. The van der Waals surface area contributed by atoms with Crippen molar-refractivity contribution in [2.45, 2.75) is 0 Å². The first-order valence-electron chi connectivity index (χ1n) is 6.01. The molecule has 0 N–H and O–H groups in total. The molecule has 0 aliphatic carbocycles. The number of pyridine rings is 1. The summed E-state index contributed by atoms with van der Waals surface area (Å²) in [6, 6.07) is 10.0. The molecule has 0 radical (unpaired) electrons. The Kier molecular flexibility index (Phi) is 7.75. The average Bonchev–Trinajstić information content (AvgIpc) is 2.44. The second-order valence-corrected chi connectivity index (χ2v) is 4.04. The van der Waals surface area contributed by atoms with Crippen LogP contribution in [-0.2, 0) is 0 Å². The SMILES string of the molecule is F[B-](F)(F)c1cncc(OCCOc2ccccc2)c1.[K+]. The molecule has 0 aliphatic heterocycles. The van der Waals surface area contributed by atoms with Crippen molar-refractivity contribution in [1.29, 1.82) is 0 Å². The van der Waals surface area contributed by atoms with Gasteiger partial charge < -0.3 is 22.4 Å². The first-order chi connectivity index (χ1) is 9.55. The number of aromatic nitrogens is 1. The number of halogens is 3. The van der Waals surface area contributed by atoms with E-state index in [4.69, 9.17) is 9.47 Å². The molecule has 0 spiro atoms. The van der Waals surface area contributed by atoms with E-state index in [0.717, 1.165) is 12.3 Å². The molecule has 1 aromatic heterocycles. The van der Waals surface area contributed by atoms with Crippen LogP contribution in [0.5, 0.6) is 11.5 Å². The van der Waals surface area contributed by atoms with Crippen LogP contribution in [-0.4, -0.2) is 25.2 Å². The van der Waals surface area contributed by atoms with Crippen LogP contribution in [0.1, 0.15) is 0 Å². The maximum Gasteiger partial charge on any atom is 1.00 e. The molecule has 0 bridgehead atoms. The van der Waals surface area contributed by atoms with Crippen LogP contribution in [0.15, 0.2) is 48.8 Å². The van der Waals surface area contributed by atoms with E-state index in [1.165, 1.54) is 6.20 Å². The maximum atomic E-state index is 12.5. The van der Waals surface area contributed by atoms with Gasteiger partial charge in [-0.2, -0.15) is 0 Å². The quantitative estimate of drug-likeness (QED) is 0.536. The third-order valence-corrected chi connectivity index (χ3v) is 2.48. The molecule has 106 valence electrons. The van der Waals surface area contributed by atoms with Gasteiger partial charge in [-0.25, -0.2) is 0 Å². The molecule has 21 heavy (non-hydrogen) atoms. The molecule has 0 amide bonds. The predicted molar refractivity (Wildman–Crippen MR) is 70.4 cm³/mol. The molecule has 1 aromatic carbocycles. The largest absolute Gasteiger partial charge is 1.00 e. The molecule has 0 fully saturated rings. The minimum absolute atomic E-state index is 0. The summed E-state index contributed by atoms with van der Waals surface area (Å²) >= 11 is 0. The Morgan fingerprint density at radius 2 is 1.52 bits per heavy atom. The van der Waals surface area contributed by atoms with Crippen LogP contribution in [0.2, 0.25) is 0 Å². The molecule has 0 saturated carbocycles. The van der Waals surface area contributed by atoms with Crippen molar-refractivity contribution in [2.24, 2.45) is 0 Å². The van der Waals surface area contributed by atoms with Gasteiger partial charge in [-0.3, -0.25) is 4.98 Å². The van der Waals surface area contributed by atoms with E-state index in [1.807, 2.05) is 18.2 Å². The summed E-state index contributed by atoms with van der Waals surface area (Å²) in [7, 11) is 0. The molecule has 8 heteroatoms. The van der Waals surface area contributed by atoms with Gasteiger partial charge in [0.25, 0.3) is 0 Å². The third-order valence-electron chi connectivity index (χ3n) is 2.48. The van der Waals surface area contributed by atoms with Crippen LogP contribution in [0.4, 0.5) is 12.9 Å². The fourth-order valence-electron chi connectivity index (χ4n) is 1.53. The second kappa shape index (κ2) is 8.80. The van der Waals surface area contributed by atoms with E-state index in [-0.39, 0.29) is 70.3 Å². The Bertz CT molecular complexity index is 555. The van der Waals surface area contributed by atoms with Crippen molar-refractivity contribution in [1.82, 2.24) is 4.98 Å². The summed E-state index contributed by atoms with van der Waals surface area (Å²) in [4.78, 5) is 3.52. The van der Waals surface area contributed by atoms with E-state index >= 15 is 0 Å². The predicted octanol–water partition coefficient (Wildman–Crippen LogP) is -0.402. The Labute approximate surface area is 163 Å². The number of rotatable bonds is 6. The van der Waals surface area contributed by atoms with Gasteiger partial charge >= 0.3 is 58.4 Å². The number of para-hydroxylation sites is 1. The van der Waals surface area contributed by atoms with Crippen LogP contribution in [0.25, 0.3) is 0 Å². The number of hydrogen-bond acceptors (Lipinski definition) is 3. The van der Waals surface area contributed by atoms with Crippen LogP contribution in [0, 0.1) is 0 Å². The zero-order valence-electron chi connectivity index (χ0n) is 11.5. The Morgan fingerprint density at radius 1 is 0.905 bits per heavy atom. The summed E-state index contributed by atoms with van der Waals surface area (Å²) in [5, 5.41) is 0. The molecule has 1 heterocycles. The Balaban J connectivity index is 0.00000220. The fraction of sp³-hybridized carbons (Fsp3) is 0.154. The average molecular weight is 321 g/mol. The normalized spacial score (nSPS) is 10.6. The van der Waals surface area contributed by atoms with E-state index in [1.54, 1.807) is 12.1 Å². The van der Waals surface area contributed by atoms with Crippen LogP contribution < -0.4 is 66.3 Å². The van der Waals surface area contributed by atoms with Gasteiger partial charge in [0.05, 0.1) is 6.20 Å². The van der Waals surface area contributed by atoms with Crippen LogP contribution >= 0.6 is 0 Å². The Hall–Kier alpha value is -0.539. The standard InChI is InChI=1S/C13H12BF3NO2.K/c15-14(16,17)11-8-13(10-18-9-11)20-7-6-19-12-4-2-1-3-5-12;/h1-5,8-10H,6-7H2;/q-1;+1.